The molecule has 0 spiro atoms. The van der Waals surface area contributed by atoms with Gasteiger partial charge in [0.05, 0.1) is 4.92 Å². The van der Waals surface area contributed by atoms with Gasteiger partial charge in [-0.2, -0.15) is 0 Å². The second kappa shape index (κ2) is 6.36. The molecular weight excluding hydrogens is 300 g/mol. The summed E-state index contributed by atoms with van der Waals surface area (Å²) in [6.07, 6.45) is 3.17. The molecule has 1 fully saturated rings. The van der Waals surface area contributed by atoms with E-state index in [-0.39, 0.29) is 11.3 Å². The van der Waals surface area contributed by atoms with E-state index >= 15 is 0 Å². The Hall–Kier alpha value is -2.44. The van der Waals surface area contributed by atoms with Crippen molar-refractivity contribution in [3.8, 4) is 0 Å². The van der Waals surface area contributed by atoms with Crippen molar-refractivity contribution in [2.24, 2.45) is 0 Å². The smallest absolute Gasteiger partial charge is 0.329 e. The lowest BCUT2D eigenvalue weighted by atomic mass is 9.81. The number of nitro groups is 1. The Balaban J connectivity index is 2.34. The number of benzene rings is 1. The largest absolute Gasteiger partial charge is 0.480 e. The molecule has 0 heterocycles. The number of hydrogen-bond acceptors (Lipinski definition) is 4. The number of aryl methyl sites for hydroxylation is 2. The summed E-state index contributed by atoms with van der Waals surface area (Å²) in [7, 11) is 0. The molecule has 7 nitrogen and oxygen atoms in total. The van der Waals surface area contributed by atoms with Crippen molar-refractivity contribution >= 4 is 17.6 Å². The molecule has 0 unspecified atom stereocenters. The fourth-order valence-corrected chi connectivity index (χ4v) is 3.11. The molecule has 1 aromatic rings. The highest BCUT2D eigenvalue weighted by Gasteiger charge is 2.41. The van der Waals surface area contributed by atoms with Gasteiger partial charge in [0.2, 0.25) is 0 Å². The van der Waals surface area contributed by atoms with Gasteiger partial charge in [0.1, 0.15) is 5.54 Å². The van der Waals surface area contributed by atoms with Crippen LogP contribution < -0.4 is 5.32 Å². The minimum Gasteiger partial charge on any atom is -0.480 e. The van der Waals surface area contributed by atoms with E-state index in [1.165, 1.54) is 6.07 Å². The van der Waals surface area contributed by atoms with Crippen LogP contribution in [-0.2, 0) is 4.79 Å². The first kappa shape index (κ1) is 16.9. The Labute approximate surface area is 133 Å². The van der Waals surface area contributed by atoms with Gasteiger partial charge in [-0.3, -0.25) is 14.9 Å². The van der Waals surface area contributed by atoms with Gasteiger partial charge in [0, 0.05) is 17.2 Å². The average Bonchev–Trinajstić information content (AvgIpc) is 2.47. The molecule has 1 amide bonds. The molecule has 0 aromatic heterocycles. The Morgan fingerprint density at radius 2 is 1.78 bits per heavy atom. The molecule has 23 heavy (non-hydrogen) atoms. The zero-order valence-electron chi connectivity index (χ0n) is 13.2. The number of nitro benzene ring substituents is 1. The molecule has 0 saturated heterocycles. The van der Waals surface area contributed by atoms with E-state index in [4.69, 9.17) is 0 Å². The summed E-state index contributed by atoms with van der Waals surface area (Å²) in [5, 5.41) is 23.2. The van der Waals surface area contributed by atoms with Crippen LogP contribution in [0.3, 0.4) is 0 Å². The third kappa shape index (κ3) is 3.33. The van der Waals surface area contributed by atoms with Gasteiger partial charge in [0.15, 0.2) is 0 Å². The van der Waals surface area contributed by atoms with Crippen LogP contribution in [0.1, 0.15) is 53.6 Å². The normalized spacial score (nSPS) is 16.6. The molecule has 0 aliphatic heterocycles. The van der Waals surface area contributed by atoms with Crippen LogP contribution in [0, 0.1) is 24.0 Å². The third-order valence-electron chi connectivity index (χ3n) is 4.45. The van der Waals surface area contributed by atoms with Crippen LogP contribution in [0.4, 0.5) is 5.69 Å². The first-order valence-corrected chi connectivity index (χ1v) is 7.58. The van der Waals surface area contributed by atoms with E-state index in [1.54, 1.807) is 19.9 Å². The average molecular weight is 320 g/mol. The maximum atomic E-state index is 12.5. The van der Waals surface area contributed by atoms with Crippen molar-refractivity contribution in [1.29, 1.82) is 0 Å². The van der Waals surface area contributed by atoms with Crippen molar-refractivity contribution in [1.82, 2.24) is 5.32 Å². The lowest BCUT2D eigenvalue weighted by molar-refractivity contribution is -0.385. The van der Waals surface area contributed by atoms with Gasteiger partial charge in [-0.1, -0.05) is 19.3 Å². The van der Waals surface area contributed by atoms with Crippen molar-refractivity contribution < 1.29 is 19.6 Å². The van der Waals surface area contributed by atoms with Crippen LogP contribution in [-0.4, -0.2) is 27.4 Å². The van der Waals surface area contributed by atoms with Crippen molar-refractivity contribution in [2.75, 3.05) is 0 Å². The minimum atomic E-state index is -1.28. The monoisotopic (exact) mass is 320 g/mol. The zero-order valence-corrected chi connectivity index (χ0v) is 13.2. The van der Waals surface area contributed by atoms with Gasteiger partial charge in [-0.25, -0.2) is 4.79 Å². The summed E-state index contributed by atoms with van der Waals surface area (Å²) >= 11 is 0. The van der Waals surface area contributed by atoms with Crippen LogP contribution >= 0.6 is 0 Å². The summed E-state index contributed by atoms with van der Waals surface area (Å²) in [6, 6.07) is 2.79. The number of nitrogens with zero attached hydrogens (tertiary/aromatic N) is 1. The van der Waals surface area contributed by atoms with E-state index < -0.39 is 22.3 Å². The second-order valence-electron chi connectivity index (χ2n) is 6.11. The van der Waals surface area contributed by atoms with Crippen molar-refractivity contribution in [2.45, 2.75) is 51.5 Å². The molecule has 1 aliphatic rings. The molecule has 124 valence electrons. The summed E-state index contributed by atoms with van der Waals surface area (Å²) in [5.74, 6) is -1.63. The molecule has 0 radical (unpaired) electrons. The number of carboxylic acids is 1. The Morgan fingerprint density at radius 1 is 1.17 bits per heavy atom. The Kier molecular flexibility index (Phi) is 4.68. The first-order chi connectivity index (χ1) is 10.8. The topological polar surface area (TPSA) is 110 Å². The lowest BCUT2D eigenvalue weighted by Gasteiger charge is -2.34. The summed E-state index contributed by atoms with van der Waals surface area (Å²) in [5.41, 5.74) is -0.222. The maximum absolute atomic E-state index is 12.5. The molecular formula is C16H20N2O5. The minimum absolute atomic E-state index is 0.145. The number of carboxylic acid groups (broad SMARTS) is 1. The third-order valence-corrected chi connectivity index (χ3v) is 4.45. The van der Waals surface area contributed by atoms with E-state index in [0.717, 1.165) is 19.3 Å². The zero-order chi connectivity index (χ0) is 17.2. The van der Waals surface area contributed by atoms with Crippen LogP contribution in [0.2, 0.25) is 0 Å². The number of carbonyl (C=O) groups excluding carboxylic acids is 1. The molecule has 2 rings (SSSR count). The van der Waals surface area contributed by atoms with Gasteiger partial charge < -0.3 is 10.4 Å². The number of aliphatic carboxylic acids is 1. The highest BCUT2D eigenvalue weighted by Crippen LogP contribution is 2.30. The Morgan fingerprint density at radius 3 is 2.30 bits per heavy atom. The maximum Gasteiger partial charge on any atom is 0.329 e. The quantitative estimate of drug-likeness (QED) is 0.654. The van der Waals surface area contributed by atoms with Gasteiger partial charge in [-0.15, -0.1) is 0 Å². The summed E-state index contributed by atoms with van der Waals surface area (Å²) < 4.78 is 0. The fourth-order valence-electron chi connectivity index (χ4n) is 3.11. The predicted octanol–water partition coefficient (Wildman–Crippen LogP) is 2.73. The number of hydrogen-bond donors (Lipinski definition) is 2. The Bertz CT molecular complexity index is 663. The van der Waals surface area contributed by atoms with E-state index in [0.29, 0.717) is 24.0 Å². The molecule has 0 bridgehead atoms. The van der Waals surface area contributed by atoms with Crippen LogP contribution in [0.25, 0.3) is 0 Å². The van der Waals surface area contributed by atoms with Crippen molar-refractivity contribution in [3.63, 3.8) is 0 Å². The summed E-state index contributed by atoms with van der Waals surface area (Å²) in [6.45, 7) is 3.28. The van der Waals surface area contributed by atoms with Crippen LogP contribution in [0.5, 0.6) is 0 Å². The highest BCUT2D eigenvalue weighted by atomic mass is 16.6. The van der Waals surface area contributed by atoms with E-state index in [2.05, 4.69) is 5.32 Å². The molecule has 1 saturated carbocycles. The molecule has 1 aromatic carbocycles. The first-order valence-electron chi connectivity index (χ1n) is 7.58. The molecule has 0 atom stereocenters. The molecule has 2 N–H and O–H groups in total. The SMILES string of the molecule is Cc1cc(C)c([N+](=O)[O-])cc1C(=O)NC1(C(=O)O)CCCCC1. The van der Waals surface area contributed by atoms with E-state index in [1.807, 2.05) is 0 Å². The van der Waals surface area contributed by atoms with Gasteiger partial charge in [-0.05, 0) is 38.3 Å². The number of nitrogens with one attached hydrogen (secondary N) is 1. The number of rotatable bonds is 4. The predicted molar refractivity (Wildman–Crippen MR) is 83.5 cm³/mol. The van der Waals surface area contributed by atoms with Crippen molar-refractivity contribution in [3.05, 3.63) is 38.9 Å². The van der Waals surface area contributed by atoms with E-state index in [9.17, 15) is 24.8 Å². The fraction of sp³-hybridized carbons (Fsp3) is 0.500. The number of amides is 1. The summed E-state index contributed by atoms with van der Waals surface area (Å²) in [4.78, 5) is 34.7. The number of carbonyl (C=O) groups is 2. The second-order valence-corrected chi connectivity index (χ2v) is 6.11. The molecule has 1 aliphatic carbocycles. The van der Waals surface area contributed by atoms with Gasteiger partial charge in [0.25, 0.3) is 11.6 Å². The van der Waals surface area contributed by atoms with Gasteiger partial charge >= 0.3 is 5.97 Å². The lowest BCUT2D eigenvalue weighted by Crippen LogP contribution is -2.55. The standard InChI is InChI=1S/C16H20N2O5/c1-10-8-11(2)13(18(22)23)9-12(10)14(19)17-16(15(20)21)6-4-3-5-7-16/h8-9H,3-7H2,1-2H3,(H,17,19)(H,20,21). The molecule has 7 heteroatoms. The van der Waals surface area contributed by atoms with Crippen LogP contribution in [0.15, 0.2) is 12.1 Å². The highest BCUT2D eigenvalue weighted by molar-refractivity contribution is 5.99.